The summed E-state index contributed by atoms with van der Waals surface area (Å²) < 4.78 is 5.27. The molecule has 0 N–H and O–H groups in total. The smallest absolute Gasteiger partial charge is 0.340 e. The van der Waals surface area contributed by atoms with Crippen LogP contribution in [0.25, 0.3) is 0 Å². The van der Waals surface area contributed by atoms with Crippen molar-refractivity contribution in [3.8, 4) is 0 Å². The fraction of sp³-hybridized carbons (Fsp3) is 0.278. The summed E-state index contributed by atoms with van der Waals surface area (Å²) in [5, 5.41) is 21.9. The maximum Gasteiger partial charge on any atom is 0.340 e. The van der Waals surface area contributed by atoms with Crippen molar-refractivity contribution in [1.82, 2.24) is 0 Å². The highest BCUT2D eigenvalue weighted by molar-refractivity contribution is 5.96. The van der Waals surface area contributed by atoms with E-state index in [1.54, 1.807) is 12.1 Å². The lowest BCUT2D eigenvalue weighted by Gasteiger charge is -2.20. The van der Waals surface area contributed by atoms with Gasteiger partial charge in [-0.2, -0.15) is 0 Å². The quantitative estimate of drug-likeness (QED) is 0.434. The fourth-order valence-electron chi connectivity index (χ4n) is 3.02. The van der Waals surface area contributed by atoms with E-state index in [9.17, 15) is 25.0 Å². The van der Waals surface area contributed by atoms with E-state index in [-0.39, 0.29) is 23.5 Å². The second-order valence-electron chi connectivity index (χ2n) is 6.16. The van der Waals surface area contributed by atoms with Crippen molar-refractivity contribution in [2.45, 2.75) is 19.4 Å². The topological polar surface area (TPSA) is 116 Å². The minimum Gasteiger partial charge on any atom is -0.457 e. The van der Waals surface area contributed by atoms with Gasteiger partial charge < -0.3 is 9.64 Å². The van der Waals surface area contributed by atoms with E-state index in [0.717, 1.165) is 25.9 Å². The number of carbonyl (C=O) groups is 1. The van der Waals surface area contributed by atoms with Gasteiger partial charge in [0.2, 0.25) is 0 Å². The predicted octanol–water partition coefficient (Wildman–Crippen LogP) is 3.46. The van der Waals surface area contributed by atoms with Crippen LogP contribution in [0.3, 0.4) is 0 Å². The van der Waals surface area contributed by atoms with Crippen LogP contribution in [0, 0.1) is 20.2 Å². The summed E-state index contributed by atoms with van der Waals surface area (Å²) in [4.78, 5) is 35.4. The van der Waals surface area contributed by atoms with Crippen LogP contribution in [0.4, 0.5) is 17.1 Å². The summed E-state index contributed by atoms with van der Waals surface area (Å²) in [5.74, 6) is -0.702. The van der Waals surface area contributed by atoms with Crippen molar-refractivity contribution >= 4 is 23.0 Å². The van der Waals surface area contributed by atoms with E-state index in [2.05, 4.69) is 0 Å². The van der Waals surface area contributed by atoms with Crippen molar-refractivity contribution in [1.29, 1.82) is 0 Å². The van der Waals surface area contributed by atoms with Crippen LogP contribution in [0.1, 0.15) is 28.8 Å². The first-order valence-corrected chi connectivity index (χ1v) is 8.39. The predicted molar refractivity (Wildman–Crippen MR) is 96.8 cm³/mol. The fourth-order valence-corrected chi connectivity index (χ4v) is 3.02. The molecule has 1 heterocycles. The van der Waals surface area contributed by atoms with Gasteiger partial charge in [0.25, 0.3) is 11.4 Å². The van der Waals surface area contributed by atoms with Gasteiger partial charge in [-0.15, -0.1) is 0 Å². The molecule has 0 aliphatic carbocycles. The first-order chi connectivity index (χ1) is 13.0. The van der Waals surface area contributed by atoms with Crippen molar-refractivity contribution in [3.05, 3.63) is 73.8 Å². The van der Waals surface area contributed by atoms with Crippen molar-refractivity contribution in [3.63, 3.8) is 0 Å². The molecule has 1 aliphatic heterocycles. The summed E-state index contributed by atoms with van der Waals surface area (Å²) in [6, 6.07) is 9.92. The first kappa shape index (κ1) is 18.3. The van der Waals surface area contributed by atoms with Gasteiger partial charge in [0.1, 0.15) is 6.61 Å². The highest BCUT2D eigenvalue weighted by Gasteiger charge is 2.23. The second kappa shape index (κ2) is 7.81. The zero-order valence-corrected chi connectivity index (χ0v) is 14.4. The van der Waals surface area contributed by atoms with E-state index >= 15 is 0 Å². The normalized spacial score (nSPS) is 13.4. The van der Waals surface area contributed by atoms with Gasteiger partial charge in [-0.3, -0.25) is 20.2 Å². The van der Waals surface area contributed by atoms with Crippen LogP contribution in [0.2, 0.25) is 0 Å². The Labute approximate surface area is 154 Å². The average molecular weight is 371 g/mol. The molecule has 9 heteroatoms. The van der Waals surface area contributed by atoms with E-state index in [1.807, 2.05) is 4.90 Å². The third-order valence-corrected chi connectivity index (χ3v) is 4.35. The second-order valence-corrected chi connectivity index (χ2v) is 6.16. The molecule has 0 saturated carbocycles. The van der Waals surface area contributed by atoms with E-state index in [1.165, 1.54) is 30.3 Å². The maximum atomic E-state index is 12.6. The summed E-state index contributed by atoms with van der Waals surface area (Å²) in [6.07, 6.45) is 1.97. The molecule has 1 aliphatic rings. The molecule has 140 valence electrons. The van der Waals surface area contributed by atoms with Crippen LogP contribution in [0.15, 0.2) is 42.5 Å². The Bertz CT molecular complexity index is 892. The standard InChI is InChI=1S/C18H17N3O6/c22-18(27-12-13-4-3-5-14(10-13)20(23)24)16-11-15(21(25)26)6-7-17(16)19-8-1-2-9-19/h3-7,10-11H,1-2,8-9,12H2. The van der Waals surface area contributed by atoms with Gasteiger partial charge in [0, 0.05) is 37.4 Å². The van der Waals surface area contributed by atoms with Crippen LogP contribution >= 0.6 is 0 Å². The monoisotopic (exact) mass is 371 g/mol. The average Bonchev–Trinajstić information content (AvgIpc) is 3.20. The van der Waals surface area contributed by atoms with E-state index in [0.29, 0.717) is 11.3 Å². The summed E-state index contributed by atoms with van der Waals surface area (Å²) >= 11 is 0. The number of esters is 1. The zero-order valence-electron chi connectivity index (χ0n) is 14.4. The lowest BCUT2D eigenvalue weighted by molar-refractivity contribution is -0.385. The van der Waals surface area contributed by atoms with Crippen LogP contribution in [0.5, 0.6) is 0 Å². The lowest BCUT2D eigenvalue weighted by atomic mass is 10.1. The number of ether oxygens (including phenoxy) is 1. The Morgan fingerprint density at radius 1 is 1.00 bits per heavy atom. The highest BCUT2D eigenvalue weighted by Crippen LogP contribution is 2.29. The van der Waals surface area contributed by atoms with E-state index < -0.39 is 15.8 Å². The van der Waals surface area contributed by atoms with E-state index in [4.69, 9.17) is 4.74 Å². The van der Waals surface area contributed by atoms with Crippen LogP contribution in [-0.2, 0) is 11.3 Å². The minimum absolute atomic E-state index is 0.100. The number of nitro groups is 2. The van der Waals surface area contributed by atoms with Gasteiger partial charge in [-0.25, -0.2) is 4.79 Å². The van der Waals surface area contributed by atoms with Gasteiger partial charge in [-0.1, -0.05) is 12.1 Å². The van der Waals surface area contributed by atoms with Gasteiger partial charge in [0.05, 0.1) is 21.1 Å². The third kappa shape index (κ3) is 4.20. The number of carbonyl (C=O) groups excluding carboxylic acids is 1. The van der Waals surface area contributed by atoms with Crippen LogP contribution < -0.4 is 4.90 Å². The molecule has 0 spiro atoms. The van der Waals surface area contributed by atoms with Crippen molar-refractivity contribution in [2.24, 2.45) is 0 Å². The Kier molecular flexibility index (Phi) is 5.30. The highest BCUT2D eigenvalue weighted by atomic mass is 16.6. The Morgan fingerprint density at radius 3 is 2.33 bits per heavy atom. The molecule has 0 radical (unpaired) electrons. The SMILES string of the molecule is O=C(OCc1cccc([N+](=O)[O-])c1)c1cc([N+](=O)[O-])ccc1N1CCCC1. The van der Waals surface area contributed by atoms with Gasteiger partial charge in [0.15, 0.2) is 0 Å². The van der Waals surface area contributed by atoms with Crippen molar-refractivity contribution in [2.75, 3.05) is 18.0 Å². The summed E-state index contributed by atoms with van der Waals surface area (Å²) in [6.45, 7) is 1.37. The van der Waals surface area contributed by atoms with Crippen LogP contribution in [-0.4, -0.2) is 28.9 Å². The molecule has 0 bridgehead atoms. The Morgan fingerprint density at radius 2 is 1.67 bits per heavy atom. The number of benzene rings is 2. The van der Waals surface area contributed by atoms with Gasteiger partial charge in [-0.05, 0) is 24.5 Å². The molecule has 1 saturated heterocycles. The number of anilines is 1. The molecule has 1 fully saturated rings. The number of hydrogen-bond donors (Lipinski definition) is 0. The molecule has 0 aromatic heterocycles. The summed E-state index contributed by atoms with van der Waals surface area (Å²) in [7, 11) is 0. The number of nitrogens with zero attached hydrogens (tertiary/aromatic N) is 3. The number of nitro benzene ring substituents is 2. The maximum absolute atomic E-state index is 12.6. The molecule has 9 nitrogen and oxygen atoms in total. The number of non-ortho nitro benzene ring substituents is 2. The minimum atomic E-state index is -0.702. The zero-order chi connectivity index (χ0) is 19.4. The Balaban J connectivity index is 1.82. The largest absolute Gasteiger partial charge is 0.457 e. The molecule has 0 unspecified atom stereocenters. The Hall–Kier alpha value is -3.49. The molecular formula is C18H17N3O6. The first-order valence-electron chi connectivity index (χ1n) is 8.39. The molecule has 3 rings (SSSR count). The molecule has 0 amide bonds. The molecule has 0 atom stereocenters. The lowest BCUT2D eigenvalue weighted by Crippen LogP contribution is -2.21. The summed E-state index contributed by atoms with van der Waals surface area (Å²) in [5.41, 5.74) is 0.890. The van der Waals surface area contributed by atoms with Crippen molar-refractivity contribution < 1.29 is 19.4 Å². The molecule has 2 aromatic rings. The number of rotatable bonds is 6. The third-order valence-electron chi connectivity index (χ3n) is 4.35. The molecule has 2 aromatic carbocycles. The van der Waals surface area contributed by atoms with Gasteiger partial charge >= 0.3 is 5.97 Å². The molecule has 27 heavy (non-hydrogen) atoms. The number of hydrogen-bond acceptors (Lipinski definition) is 7. The molecular weight excluding hydrogens is 354 g/mol.